The Morgan fingerprint density at radius 3 is 2.29 bits per heavy atom. The molecule has 31 heavy (non-hydrogen) atoms. The molecule has 1 fully saturated rings. The fourth-order valence-electron chi connectivity index (χ4n) is 5.59. The smallest absolute Gasteiger partial charge is 0.261 e. The summed E-state index contributed by atoms with van der Waals surface area (Å²) in [5, 5.41) is 0. The van der Waals surface area contributed by atoms with Crippen molar-refractivity contribution in [3.05, 3.63) is 70.8 Å². The molecule has 0 aromatic heterocycles. The molecule has 3 aliphatic rings. The van der Waals surface area contributed by atoms with E-state index in [0.717, 1.165) is 31.2 Å². The summed E-state index contributed by atoms with van der Waals surface area (Å²) in [5.74, 6) is 0.0644. The Morgan fingerprint density at radius 2 is 1.58 bits per heavy atom. The molecule has 3 atom stereocenters. The number of benzene rings is 2. The second-order valence-corrected chi connectivity index (χ2v) is 9.13. The molecule has 2 aliphatic heterocycles. The fraction of sp³-hybridized carbons (Fsp3) is 0.423. The number of nitrogens with zero attached hydrogens (tertiary/aromatic N) is 2. The summed E-state index contributed by atoms with van der Waals surface area (Å²) in [6.07, 6.45) is 5.10. The van der Waals surface area contributed by atoms with Crippen LogP contribution in [0, 0.1) is 11.8 Å². The molecular formula is C26H28N2O3. The first-order valence-corrected chi connectivity index (χ1v) is 11.4. The van der Waals surface area contributed by atoms with Gasteiger partial charge in [-0.2, -0.15) is 0 Å². The molecule has 160 valence electrons. The lowest BCUT2D eigenvalue weighted by molar-refractivity contribution is -0.141. The molecule has 3 amide bonds. The number of imide groups is 1. The van der Waals surface area contributed by atoms with Gasteiger partial charge in [0.25, 0.3) is 11.8 Å². The highest BCUT2D eigenvalue weighted by molar-refractivity contribution is 6.21. The van der Waals surface area contributed by atoms with Crippen molar-refractivity contribution in [3.8, 4) is 0 Å². The molecule has 0 saturated heterocycles. The Kier molecular flexibility index (Phi) is 5.12. The van der Waals surface area contributed by atoms with Gasteiger partial charge in [0.15, 0.2) is 0 Å². The van der Waals surface area contributed by atoms with Crippen LogP contribution in [0.3, 0.4) is 0 Å². The fourth-order valence-corrected chi connectivity index (χ4v) is 5.59. The van der Waals surface area contributed by atoms with Gasteiger partial charge in [-0.25, -0.2) is 0 Å². The second-order valence-electron chi connectivity index (χ2n) is 9.13. The third kappa shape index (κ3) is 3.36. The first-order chi connectivity index (χ1) is 15.1. The maximum Gasteiger partial charge on any atom is 0.261 e. The Morgan fingerprint density at radius 1 is 0.935 bits per heavy atom. The first-order valence-electron chi connectivity index (χ1n) is 11.4. The number of hydrogen-bond acceptors (Lipinski definition) is 3. The third-order valence-corrected chi connectivity index (χ3v) is 7.36. The molecular weight excluding hydrogens is 388 g/mol. The standard InChI is InChI=1S/C26H28N2O3/c1-17-8-2-4-10-19(17)24(29)27-15-14-18-9-3-5-11-20(18)23(27)16-28-25(30)21-12-6-7-13-22(21)26(28)31/h3,5-7,9,11-13,17,19,23H,2,4,8,10,14-16H2,1H3/t17-,19+,23?/m0/s1. The van der Waals surface area contributed by atoms with Crippen molar-refractivity contribution in [2.45, 2.75) is 45.1 Å². The van der Waals surface area contributed by atoms with Crippen LogP contribution in [0.15, 0.2) is 48.5 Å². The quantitative estimate of drug-likeness (QED) is 0.704. The van der Waals surface area contributed by atoms with E-state index in [1.807, 2.05) is 23.1 Å². The molecule has 5 heteroatoms. The zero-order valence-corrected chi connectivity index (χ0v) is 17.9. The second kappa shape index (κ2) is 7.95. The van der Waals surface area contributed by atoms with Crippen LogP contribution in [0.25, 0.3) is 0 Å². The lowest BCUT2D eigenvalue weighted by Crippen LogP contribution is -2.49. The van der Waals surface area contributed by atoms with Crippen LogP contribution in [0.5, 0.6) is 0 Å². The van der Waals surface area contributed by atoms with Crippen molar-refractivity contribution in [1.82, 2.24) is 9.80 Å². The molecule has 1 aliphatic carbocycles. The van der Waals surface area contributed by atoms with E-state index in [4.69, 9.17) is 0 Å². The van der Waals surface area contributed by atoms with Crippen LogP contribution in [0.4, 0.5) is 0 Å². The van der Waals surface area contributed by atoms with E-state index in [-0.39, 0.29) is 36.2 Å². The van der Waals surface area contributed by atoms with Gasteiger partial charge in [-0.05, 0) is 48.4 Å². The number of fused-ring (bicyclic) bond motifs is 2. The van der Waals surface area contributed by atoms with Gasteiger partial charge in [0, 0.05) is 12.5 Å². The van der Waals surface area contributed by atoms with E-state index in [0.29, 0.717) is 23.6 Å². The van der Waals surface area contributed by atoms with Gasteiger partial charge in [-0.3, -0.25) is 19.3 Å². The molecule has 0 radical (unpaired) electrons. The zero-order chi connectivity index (χ0) is 21.5. The number of carbonyl (C=O) groups is 3. The molecule has 5 rings (SSSR count). The predicted molar refractivity (Wildman–Crippen MR) is 118 cm³/mol. The number of hydrogen-bond donors (Lipinski definition) is 0. The summed E-state index contributed by atoms with van der Waals surface area (Å²) in [6, 6.07) is 14.8. The molecule has 2 aromatic rings. The van der Waals surface area contributed by atoms with Gasteiger partial charge in [-0.15, -0.1) is 0 Å². The van der Waals surface area contributed by atoms with Crippen LogP contribution in [-0.2, 0) is 11.2 Å². The number of rotatable bonds is 3. The topological polar surface area (TPSA) is 57.7 Å². The highest BCUT2D eigenvalue weighted by Crippen LogP contribution is 2.37. The molecule has 0 bridgehead atoms. The van der Waals surface area contributed by atoms with E-state index in [2.05, 4.69) is 13.0 Å². The van der Waals surface area contributed by atoms with E-state index in [9.17, 15) is 14.4 Å². The largest absolute Gasteiger partial charge is 0.333 e. The van der Waals surface area contributed by atoms with Crippen molar-refractivity contribution in [2.75, 3.05) is 13.1 Å². The van der Waals surface area contributed by atoms with Crippen LogP contribution in [0.1, 0.15) is 70.5 Å². The van der Waals surface area contributed by atoms with Gasteiger partial charge >= 0.3 is 0 Å². The summed E-state index contributed by atoms with van der Waals surface area (Å²) in [6.45, 7) is 3.02. The average Bonchev–Trinajstić information content (AvgIpc) is 3.04. The predicted octanol–water partition coefficient (Wildman–Crippen LogP) is 4.23. The molecule has 0 spiro atoms. The Balaban J connectivity index is 1.48. The summed E-state index contributed by atoms with van der Waals surface area (Å²) >= 11 is 0. The van der Waals surface area contributed by atoms with Gasteiger partial charge in [0.1, 0.15) is 0 Å². The van der Waals surface area contributed by atoms with Crippen LogP contribution < -0.4 is 0 Å². The van der Waals surface area contributed by atoms with Crippen molar-refractivity contribution in [3.63, 3.8) is 0 Å². The van der Waals surface area contributed by atoms with Gasteiger partial charge in [0.05, 0.1) is 23.7 Å². The van der Waals surface area contributed by atoms with Crippen LogP contribution in [0.2, 0.25) is 0 Å². The van der Waals surface area contributed by atoms with Gasteiger partial charge < -0.3 is 4.90 Å². The zero-order valence-electron chi connectivity index (χ0n) is 17.9. The summed E-state index contributed by atoms with van der Waals surface area (Å²) < 4.78 is 0. The average molecular weight is 417 g/mol. The van der Waals surface area contributed by atoms with E-state index >= 15 is 0 Å². The normalized spacial score (nSPS) is 25.4. The minimum absolute atomic E-state index is 0.0312. The minimum atomic E-state index is -0.297. The van der Waals surface area contributed by atoms with Crippen LogP contribution >= 0.6 is 0 Å². The number of carbonyl (C=O) groups excluding carboxylic acids is 3. The Labute approximate surface area is 183 Å². The third-order valence-electron chi connectivity index (χ3n) is 7.36. The highest BCUT2D eigenvalue weighted by Gasteiger charge is 2.42. The summed E-state index contributed by atoms with van der Waals surface area (Å²) in [7, 11) is 0. The molecule has 1 saturated carbocycles. The van der Waals surface area contributed by atoms with E-state index in [1.165, 1.54) is 16.9 Å². The maximum atomic E-state index is 13.7. The SMILES string of the molecule is C[C@H]1CCCC[C@H]1C(=O)N1CCc2ccccc2C1CN1C(=O)c2ccccc2C1=O. The summed E-state index contributed by atoms with van der Waals surface area (Å²) in [4.78, 5) is 43.0. The van der Waals surface area contributed by atoms with E-state index in [1.54, 1.807) is 24.3 Å². The summed E-state index contributed by atoms with van der Waals surface area (Å²) in [5.41, 5.74) is 3.16. The molecule has 2 aromatic carbocycles. The first kappa shape index (κ1) is 20.0. The van der Waals surface area contributed by atoms with Crippen molar-refractivity contribution in [1.29, 1.82) is 0 Å². The van der Waals surface area contributed by atoms with Crippen molar-refractivity contribution in [2.24, 2.45) is 11.8 Å². The molecule has 5 nitrogen and oxygen atoms in total. The minimum Gasteiger partial charge on any atom is -0.333 e. The number of amides is 3. The van der Waals surface area contributed by atoms with Gasteiger partial charge in [0.2, 0.25) is 5.91 Å². The molecule has 0 N–H and O–H groups in total. The van der Waals surface area contributed by atoms with Gasteiger partial charge in [-0.1, -0.05) is 56.2 Å². The van der Waals surface area contributed by atoms with Crippen LogP contribution in [-0.4, -0.2) is 40.6 Å². The monoisotopic (exact) mass is 416 g/mol. The van der Waals surface area contributed by atoms with Crippen molar-refractivity contribution >= 4 is 17.7 Å². The highest BCUT2D eigenvalue weighted by atomic mass is 16.2. The molecule has 1 unspecified atom stereocenters. The van der Waals surface area contributed by atoms with Crippen molar-refractivity contribution < 1.29 is 14.4 Å². The Bertz CT molecular complexity index is 1010. The lowest BCUT2D eigenvalue weighted by Gasteiger charge is -2.42. The maximum absolute atomic E-state index is 13.7. The van der Waals surface area contributed by atoms with E-state index < -0.39 is 0 Å². The Hall–Kier alpha value is -2.95. The lowest BCUT2D eigenvalue weighted by atomic mass is 9.78. The molecule has 2 heterocycles.